The Bertz CT molecular complexity index is 517. The number of nitrogens with one attached hydrogen (secondary N) is 1. The molecule has 20 heavy (non-hydrogen) atoms. The van der Waals surface area contributed by atoms with Gasteiger partial charge in [0.2, 0.25) is 0 Å². The van der Waals surface area contributed by atoms with Gasteiger partial charge in [-0.2, -0.15) is 0 Å². The first-order valence-corrected chi connectivity index (χ1v) is 7.21. The molecule has 2 aliphatic rings. The van der Waals surface area contributed by atoms with Gasteiger partial charge < -0.3 is 15.0 Å². The van der Waals surface area contributed by atoms with Crippen molar-refractivity contribution in [1.82, 2.24) is 10.2 Å². The SMILES string of the molecule is O=C(NC=C1CCOCC1)N1CCc2ccccc2C1. The Morgan fingerprint density at radius 2 is 1.90 bits per heavy atom. The van der Waals surface area contributed by atoms with Gasteiger partial charge in [0.15, 0.2) is 0 Å². The summed E-state index contributed by atoms with van der Waals surface area (Å²) in [6.07, 6.45) is 4.64. The molecule has 0 atom stereocenters. The molecule has 2 heterocycles. The molecule has 3 rings (SSSR count). The third kappa shape index (κ3) is 3.02. The van der Waals surface area contributed by atoms with Gasteiger partial charge in [-0.1, -0.05) is 24.3 Å². The normalized spacial score (nSPS) is 18.4. The van der Waals surface area contributed by atoms with Crippen molar-refractivity contribution in [3.8, 4) is 0 Å². The summed E-state index contributed by atoms with van der Waals surface area (Å²) in [4.78, 5) is 14.1. The molecular weight excluding hydrogens is 252 g/mol. The molecule has 1 fully saturated rings. The van der Waals surface area contributed by atoms with Crippen LogP contribution < -0.4 is 5.32 Å². The summed E-state index contributed by atoms with van der Waals surface area (Å²) in [5.41, 5.74) is 3.88. The predicted octanol–water partition coefficient (Wildman–Crippen LogP) is 2.45. The molecule has 2 aliphatic heterocycles. The summed E-state index contributed by atoms with van der Waals surface area (Å²) < 4.78 is 5.30. The van der Waals surface area contributed by atoms with Gasteiger partial charge >= 0.3 is 6.03 Å². The van der Waals surface area contributed by atoms with Gasteiger partial charge in [0.05, 0.1) is 13.2 Å². The standard InChI is InChI=1S/C16H20N2O2/c19-16(17-11-13-6-9-20-10-7-13)18-8-5-14-3-1-2-4-15(14)12-18/h1-4,11H,5-10,12H2,(H,17,19). The monoisotopic (exact) mass is 272 g/mol. The molecule has 1 saturated heterocycles. The average Bonchev–Trinajstić information content (AvgIpc) is 2.53. The number of hydrogen-bond donors (Lipinski definition) is 1. The largest absolute Gasteiger partial charge is 0.381 e. The highest BCUT2D eigenvalue weighted by Crippen LogP contribution is 2.18. The molecule has 1 N–H and O–H groups in total. The molecule has 4 heteroatoms. The first-order chi connectivity index (χ1) is 9.83. The van der Waals surface area contributed by atoms with E-state index in [0.717, 1.165) is 39.0 Å². The van der Waals surface area contributed by atoms with Crippen molar-refractivity contribution in [3.63, 3.8) is 0 Å². The van der Waals surface area contributed by atoms with Gasteiger partial charge in [-0.05, 0) is 36.0 Å². The van der Waals surface area contributed by atoms with Crippen molar-refractivity contribution in [2.45, 2.75) is 25.8 Å². The highest BCUT2D eigenvalue weighted by Gasteiger charge is 2.19. The predicted molar refractivity (Wildman–Crippen MR) is 77.2 cm³/mol. The Morgan fingerprint density at radius 1 is 1.15 bits per heavy atom. The molecule has 106 valence electrons. The Labute approximate surface area is 119 Å². The number of nitrogens with zero attached hydrogens (tertiary/aromatic N) is 1. The molecule has 1 aromatic carbocycles. The molecule has 1 aromatic rings. The number of hydrogen-bond acceptors (Lipinski definition) is 2. The fraction of sp³-hybridized carbons (Fsp3) is 0.438. The highest BCUT2D eigenvalue weighted by atomic mass is 16.5. The summed E-state index contributed by atoms with van der Waals surface area (Å²) in [5, 5.41) is 2.92. The lowest BCUT2D eigenvalue weighted by Crippen LogP contribution is -2.41. The van der Waals surface area contributed by atoms with Crippen LogP contribution in [0.3, 0.4) is 0 Å². The number of carbonyl (C=O) groups is 1. The highest BCUT2D eigenvalue weighted by molar-refractivity contribution is 5.75. The first-order valence-electron chi connectivity index (χ1n) is 7.21. The van der Waals surface area contributed by atoms with Crippen molar-refractivity contribution in [2.75, 3.05) is 19.8 Å². The smallest absolute Gasteiger partial charge is 0.321 e. The molecule has 0 unspecified atom stereocenters. The minimum Gasteiger partial charge on any atom is -0.381 e. The molecule has 4 nitrogen and oxygen atoms in total. The van der Waals surface area contributed by atoms with E-state index in [-0.39, 0.29) is 6.03 Å². The zero-order valence-electron chi connectivity index (χ0n) is 11.6. The Hall–Kier alpha value is -1.81. The molecule has 0 bridgehead atoms. The van der Waals surface area contributed by atoms with Crippen LogP contribution >= 0.6 is 0 Å². The van der Waals surface area contributed by atoms with E-state index in [9.17, 15) is 4.79 Å². The summed E-state index contributed by atoms with van der Waals surface area (Å²) in [6.45, 7) is 3.01. The average molecular weight is 272 g/mol. The number of amides is 2. The maximum atomic E-state index is 12.2. The third-order valence-corrected chi connectivity index (χ3v) is 3.95. The Kier molecular flexibility index (Phi) is 4.02. The van der Waals surface area contributed by atoms with E-state index >= 15 is 0 Å². The van der Waals surface area contributed by atoms with Gasteiger partial charge in [-0.25, -0.2) is 4.79 Å². The van der Waals surface area contributed by atoms with Crippen molar-refractivity contribution in [3.05, 3.63) is 47.2 Å². The number of ether oxygens (including phenoxy) is 1. The van der Waals surface area contributed by atoms with Gasteiger partial charge in [0, 0.05) is 19.3 Å². The van der Waals surface area contributed by atoms with E-state index in [2.05, 4.69) is 23.5 Å². The molecule has 0 spiro atoms. The summed E-state index contributed by atoms with van der Waals surface area (Å²) in [7, 11) is 0. The Balaban J connectivity index is 1.58. The number of rotatable bonds is 1. The van der Waals surface area contributed by atoms with Crippen LogP contribution in [-0.4, -0.2) is 30.7 Å². The van der Waals surface area contributed by atoms with Crippen molar-refractivity contribution in [2.24, 2.45) is 0 Å². The molecule has 2 amide bonds. The lowest BCUT2D eigenvalue weighted by atomic mass is 10.0. The fourth-order valence-electron chi connectivity index (χ4n) is 2.70. The van der Waals surface area contributed by atoms with Gasteiger partial charge in [0.25, 0.3) is 0 Å². The lowest BCUT2D eigenvalue weighted by molar-refractivity contribution is 0.118. The quantitative estimate of drug-likeness (QED) is 0.853. The van der Waals surface area contributed by atoms with Crippen molar-refractivity contribution < 1.29 is 9.53 Å². The zero-order chi connectivity index (χ0) is 13.8. The minimum absolute atomic E-state index is 0.00139. The second-order valence-corrected chi connectivity index (χ2v) is 5.30. The number of urea groups is 1. The van der Waals surface area contributed by atoms with Crippen LogP contribution in [0.4, 0.5) is 4.79 Å². The maximum absolute atomic E-state index is 12.2. The molecular formula is C16H20N2O2. The van der Waals surface area contributed by atoms with Gasteiger partial charge in [-0.15, -0.1) is 0 Å². The number of benzene rings is 1. The van der Waals surface area contributed by atoms with E-state index in [4.69, 9.17) is 4.74 Å². The van der Waals surface area contributed by atoms with Crippen LogP contribution in [0.5, 0.6) is 0 Å². The second-order valence-electron chi connectivity index (χ2n) is 5.30. The lowest BCUT2D eigenvalue weighted by Gasteiger charge is -2.28. The van der Waals surface area contributed by atoms with Crippen LogP contribution in [0.25, 0.3) is 0 Å². The topological polar surface area (TPSA) is 41.6 Å². The van der Waals surface area contributed by atoms with Gasteiger partial charge in [-0.3, -0.25) is 0 Å². The van der Waals surface area contributed by atoms with Crippen molar-refractivity contribution >= 4 is 6.03 Å². The van der Waals surface area contributed by atoms with E-state index in [1.165, 1.54) is 16.7 Å². The minimum atomic E-state index is -0.00139. The summed E-state index contributed by atoms with van der Waals surface area (Å²) >= 11 is 0. The number of carbonyl (C=O) groups excluding carboxylic acids is 1. The van der Waals surface area contributed by atoms with Crippen LogP contribution in [0, 0.1) is 0 Å². The van der Waals surface area contributed by atoms with Crippen LogP contribution in [0.15, 0.2) is 36.0 Å². The summed E-state index contributed by atoms with van der Waals surface area (Å²) in [5.74, 6) is 0. The third-order valence-electron chi connectivity index (χ3n) is 3.95. The molecule has 0 aliphatic carbocycles. The van der Waals surface area contributed by atoms with Crippen LogP contribution in [0.1, 0.15) is 24.0 Å². The van der Waals surface area contributed by atoms with Crippen molar-refractivity contribution in [1.29, 1.82) is 0 Å². The zero-order valence-corrected chi connectivity index (χ0v) is 11.6. The van der Waals surface area contributed by atoms with Gasteiger partial charge in [0.1, 0.15) is 0 Å². The van der Waals surface area contributed by atoms with E-state index < -0.39 is 0 Å². The second kappa shape index (κ2) is 6.09. The first kappa shape index (κ1) is 13.2. The Morgan fingerprint density at radius 3 is 2.70 bits per heavy atom. The maximum Gasteiger partial charge on any atom is 0.321 e. The van der Waals surface area contributed by atoms with Crippen LogP contribution in [0.2, 0.25) is 0 Å². The molecule has 0 saturated carbocycles. The fourth-order valence-corrected chi connectivity index (χ4v) is 2.70. The van der Waals surface area contributed by atoms with E-state index in [1.807, 2.05) is 17.2 Å². The van der Waals surface area contributed by atoms with E-state index in [0.29, 0.717) is 6.54 Å². The van der Waals surface area contributed by atoms with Crippen LogP contribution in [-0.2, 0) is 17.7 Å². The molecule has 0 radical (unpaired) electrons. The number of fused-ring (bicyclic) bond motifs is 1. The van der Waals surface area contributed by atoms with E-state index in [1.54, 1.807) is 0 Å². The molecule has 0 aromatic heterocycles. The summed E-state index contributed by atoms with van der Waals surface area (Å²) in [6, 6.07) is 8.34.